The maximum absolute atomic E-state index is 13.2. The quantitative estimate of drug-likeness (QED) is 0.826. The average Bonchev–Trinajstić information content (AvgIpc) is 3.23. The maximum atomic E-state index is 13.2. The minimum Gasteiger partial charge on any atom is -0.351 e. The molecule has 0 radical (unpaired) electrons. The van der Waals surface area contributed by atoms with E-state index in [1.807, 2.05) is 0 Å². The average molecular weight is 315 g/mol. The summed E-state index contributed by atoms with van der Waals surface area (Å²) < 4.78 is 14.7. The van der Waals surface area contributed by atoms with Crippen molar-refractivity contribution in [2.45, 2.75) is 38.5 Å². The smallest absolute Gasteiger partial charge is 0.271 e. The molecule has 1 fully saturated rings. The molecule has 2 aromatic rings. The minimum atomic E-state index is -0.323. The van der Waals surface area contributed by atoms with Gasteiger partial charge >= 0.3 is 0 Å². The molecule has 0 spiro atoms. The monoisotopic (exact) mass is 315 g/mol. The number of hydrogen-bond acceptors (Lipinski definition) is 2. The van der Waals surface area contributed by atoms with Gasteiger partial charge in [0.15, 0.2) is 5.69 Å². The number of aromatic nitrogens is 2. The van der Waals surface area contributed by atoms with Crippen molar-refractivity contribution < 1.29 is 9.18 Å². The highest BCUT2D eigenvalue weighted by Gasteiger charge is 2.15. The minimum absolute atomic E-state index is 0.174. The molecule has 0 aliphatic heterocycles. The lowest BCUT2D eigenvalue weighted by Gasteiger charge is -2.08. The number of carbonyl (C=O) groups excluding carboxylic acids is 1. The van der Waals surface area contributed by atoms with Crippen LogP contribution in [-0.4, -0.2) is 22.2 Å². The molecule has 4 nitrogen and oxygen atoms in total. The normalized spacial score (nSPS) is 15.0. The molecular formula is C18H22FN3O. The highest BCUT2D eigenvalue weighted by Crippen LogP contribution is 2.28. The van der Waals surface area contributed by atoms with Crippen LogP contribution in [0.15, 0.2) is 36.5 Å². The van der Waals surface area contributed by atoms with E-state index in [2.05, 4.69) is 10.4 Å². The number of halogens is 1. The van der Waals surface area contributed by atoms with Gasteiger partial charge in [0.1, 0.15) is 5.82 Å². The van der Waals surface area contributed by atoms with E-state index in [9.17, 15) is 9.18 Å². The summed E-state index contributed by atoms with van der Waals surface area (Å²) in [5.74, 6) is 0.349. The van der Waals surface area contributed by atoms with Crippen LogP contribution in [0.4, 0.5) is 4.39 Å². The Kier molecular flexibility index (Phi) is 5.05. The van der Waals surface area contributed by atoms with E-state index in [1.165, 1.54) is 48.9 Å². The summed E-state index contributed by atoms with van der Waals surface area (Å²) in [5, 5.41) is 7.13. The molecule has 1 aliphatic carbocycles. The van der Waals surface area contributed by atoms with Gasteiger partial charge < -0.3 is 5.32 Å². The van der Waals surface area contributed by atoms with Gasteiger partial charge in [0.25, 0.3) is 5.91 Å². The van der Waals surface area contributed by atoms with Gasteiger partial charge in [-0.05, 0) is 43.0 Å². The molecule has 23 heavy (non-hydrogen) atoms. The molecule has 1 aliphatic rings. The first-order valence-electron chi connectivity index (χ1n) is 8.32. The van der Waals surface area contributed by atoms with E-state index in [4.69, 9.17) is 0 Å². The van der Waals surface area contributed by atoms with Crippen molar-refractivity contribution in [1.82, 2.24) is 15.1 Å². The summed E-state index contributed by atoms with van der Waals surface area (Å²) in [7, 11) is 0. The molecule has 1 saturated carbocycles. The molecule has 1 heterocycles. The van der Waals surface area contributed by atoms with Crippen LogP contribution in [-0.2, 0) is 0 Å². The number of nitrogens with one attached hydrogen (secondary N) is 1. The summed E-state index contributed by atoms with van der Waals surface area (Å²) in [6.45, 7) is 0.683. The van der Waals surface area contributed by atoms with Crippen LogP contribution in [0.3, 0.4) is 0 Å². The van der Waals surface area contributed by atoms with Crippen LogP contribution in [0, 0.1) is 11.7 Å². The van der Waals surface area contributed by atoms with Crippen LogP contribution >= 0.6 is 0 Å². The standard InChI is InChI=1S/C18H22FN3O/c19-15-8-3-9-16(13-15)22-12-10-17(21-22)18(23)20-11-4-7-14-5-1-2-6-14/h3,8-10,12-14H,1-2,4-7,11H2,(H,20,23). The van der Waals surface area contributed by atoms with Gasteiger partial charge in [-0.25, -0.2) is 9.07 Å². The molecule has 0 bridgehead atoms. The molecule has 0 saturated heterocycles. The summed E-state index contributed by atoms with van der Waals surface area (Å²) in [6, 6.07) is 7.78. The van der Waals surface area contributed by atoms with Crippen molar-refractivity contribution in [2.75, 3.05) is 6.54 Å². The first-order chi connectivity index (χ1) is 11.2. The zero-order valence-electron chi connectivity index (χ0n) is 13.2. The number of nitrogens with zero attached hydrogens (tertiary/aromatic N) is 2. The molecule has 0 atom stereocenters. The Labute approximate surface area is 135 Å². The highest BCUT2D eigenvalue weighted by molar-refractivity contribution is 5.92. The van der Waals surface area contributed by atoms with Gasteiger partial charge in [-0.2, -0.15) is 5.10 Å². The molecular weight excluding hydrogens is 293 g/mol. The highest BCUT2D eigenvalue weighted by atomic mass is 19.1. The topological polar surface area (TPSA) is 46.9 Å². The Morgan fingerprint density at radius 1 is 1.30 bits per heavy atom. The predicted molar refractivity (Wildman–Crippen MR) is 87.0 cm³/mol. The lowest BCUT2D eigenvalue weighted by molar-refractivity contribution is 0.0947. The van der Waals surface area contributed by atoms with Crippen LogP contribution < -0.4 is 5.32 Å². The van der Waals surface area contributed by atoms with Crippen LogP contribution in [0.5, 0.6) is 0 Å². The molecule has 0 unspecified atom stereocenters. The van der Waals surface area contributed by atoms with E-state index in [0.29, 0.717) is 17.9 Å². The maximum Gasteiger partial charge on any atom is 0.271 e. The number of carbonyl (C=O) groups is 1. The Morgan fingerprint density at radius 2 is 2.13 bits per heavy atom. The third-order valence-corrected chi connectivity index (χ3v) is 4.44. The lowest BCUT2D eigenvalue weighted by Crippen LogP contribution is -2.25. The largest absolute Gasteiger partial charge is 0.351 e. The fourth-order valence-electron chi connectivity index (χ4n) is 3.19. The Bertz CT molecular complexity index is 662. The molecule has 1 aromatic carbocycles. The van der Waals surface area contributed by atoms with Crippen molar-refractivity contribution in [3.05, 3.63) is 48.0 Å². The first kappa shape index (κ1) is 15.7. The fourth-order valence-corrected chi connectivity index (χ4v) is 3.19. The zero-order valence-corrected chi connectivity index (χ0v) is 13.2. The Hall–Kier alpha value is -2.17. The summed E-state index contributed by atoms with van der Waals surface area (Å²) >= 11 is 0. The Balaban J connectivity index is 1.50. The molecule has 5 heteroatoms. The first-order valence-corrected chi connectivity index (χ1v) is 8.32. The third-order valence-electron chi connectivity index (χ3n) is 4.44. The van der Waals surface area contributed by atoms with E-state index in [-0.39, 0.29) is 11.7 Å². The van der Waals surface area contributed by atoms with Crippen LogP contribution in [0.2, 0.25) is 0 Å². The number of rotatable bonds is 6. The van der Waals surface area contributed by atoms with Crippen molar-refractivity contribution in [2.24, 2.45) is 5.92 Å². The van der Waals surface area contributed by atoms with Gasteiger partial charge in [-0.3, -0.25) is 4.79 Å². The zero-order chi connectivity index (χ0) is 16.1. The van der Waals surface area contributed by atoms with Crippen LogP contribution in [0.1, 0.15) is 49.0 Å². The Morgan fingerprint density at radius 3 is 2.91 bits per heavy atom. The van der Waals surface area contributed by atoms with Crippen molar-refractivity contribution in [3.63, 3.8) is 0 Å². The number of amides is 1. The number of hydrogen-bond donors (Lipinski definition) is 1. The predicted octanol–water partition coefficient (Wildman–Crippen LogP) is 3.71. The van der Waals surface area contributed by atoms with E-state index >= 15 is 0 Å². The molecule has 3 rings (SSSR count). The van der Waals surface area contributed by atoms with Crippen molar-refractivity contribution in [1.29, 1.82) is 0 Å². The van der Waals surface area contributed by atoms with Gasteiger partial charge in [-0.1, -0.05) is 31.7 Å². The second-order valence-corrected chi connectivity index (χ2v) is 6.17. The lowest BCUT2D eigenvalue weighted by atomic mass is 10.0. The second kappa shape index (κ2) is 7.40. The van der Waals surface area contributed by atoms with E-state index < -0.39 is 0 Å². The number of benzene rings is 1. The summed E-state index contributed by atoms with van der Waals surface area (Å²) in [4.78, 5) is 12.1. The van der Waals surface area contributed by atoms with Crippen molar-refractivity contribution >= 4 is 5.91 Å². The molecule has 122 valence electrons. The van der Waals surface area contributed by atoms with Crippen molar-refractivity contribution in [3.8, 4) is 5.69 Å². The second-order valence-electron chi connectivity index (χ2n) is 6.17. The molecule has 1 N–H and O–H groups in total. The van der Waals surface area contributed by atoms with E-state index in [0.717, 1.165) is 12.3 Å². The third kappa shape index (κ3) is 4.18. The van der Waals surface area contributed by atoms with Gasteiger partial charge in [-0.15, -0.1) is 0 Å². The van der Waals surface area contributed by atoms with Crippen LogP contribution in [0.25, 0.3) is 5.69 Å². The summed E-state index contributed by atoms with van der Waals surface area (Å²) in [6.07, 6.45) is 9.27. The molecule has 1 aromatic heterocycles. The van der Waals surface area contributed by atoms with Gasteiger partial charge in [0.05, 0.1) is 5.69 Å². The molecule has 1 amide bonds. The SMILES string of the molecule is O=C(NCCCC1CCCC1)c1ccn(-c2cccc(F)c2)n1. The van der Waals surface area contributed by atoms with E-state index in [1.54, 1.807) is 24.4 Å². The summed E-state index contributed by atoms with van der Waals surface area (Å²) in [5.41, 5.74) is 0.959. The van der Waals surface area contributed by atoms with Gasteiger partial charge in [0, 0.05) is 12.7 Å². The fraction of sp³-hybridized carbons (Fsp3) is 0.444. The van der Waals surface area contributed by atoms with Gasteiger partial charge in [0.2, 0.25) is 0 Å².